The molecule has 1 amide bonds. The van der Waals surface area contributed by atoms with Crippen molar-refractivity contribution in [1.29, 1.82) is 0 Å². The number of benzene rings is 1. The molecular formula is C27H27F3N7O3. The monoisotopic (exact) mass is 554 g/mol. The lowest BCUT2D eigenvalue weighted by Gasteiger charge is -2.38. The maximum Gasteiger partial charge on any atom is 0.296 e. The lowest BCUT2D eigenvalue weighted by Crippen LogP contribution is -2.50. The molecule has 1 radical (unpaired) electrons. The van der Waals surface area contributed by atoms with Crippen molar-refractivity contribution in [2.24, 2.45) is 0 Å². The first-order chi connectivity index (χ1) is 19.2. The first-order valence-corrected chi connectivity index (χ1v) is 13.1. The number of alkyl halides is 2. The molecule has 0 bridgehead atoms. The van der Waals surface area contributed by atoms with Crippen LogP contribution in [0.5, 0.6) is 0 Å². The number of aromatic nitrogens is 6. The van der Waals surface area contributed by atoms with Crippen LogP contribution in [0.1, 0.15) is 42.9 Å². The summed E-state index contributed by atoms with van der Waals surface area (Å²) in [6, 6.07) is 5.47. The Hall–Kier alpha value is -4.00. The smallest absolute Gasteiger partial charge is 0.296 e. The van der Waals surface area contributed by atoms with E-state index in [1.165, 1.54) is 31.4 Å². The Morgan fingerprint density at radius 3 is 2.70 bits per heavy atom. The number of rotatable bonds is 7. The van der Waals surface area contributed by atoms with Crippen molar-refractivity contribution in [2.45, 2.75) is 56.7 Å². The third-order valence-corrected chi connectivity index (χ3v) is 7.81. The number of carbonyl (C=O) groups excluding carboxylic acids is 1. The van der Waals surface area contributed by atoms with E-state index < -0.39 is 41.9 Å². The number of halogens is 3. The average Bonchev–Trinajstić information content (AvgIpc) is 3.68. The Balaban J connectivity index is 1.13. The van der Waals surface area contributed by atoms with Crippen LogP contribution in [0.25, 0.3) is 16.9 Å². The zero-order chi connectivity index (χ0) is 28.0. The molecule has 2 aliphatic rings. The molecule has 1 N–H and O–H groups in total. The number of hydrogen-bond acceptors (Lipinski definition) is 6. The van der Waals surface area contributed by atoms with E-state index in [9.17, 15) is 27.9 Å². The molecule has 1 atom stereocenters. The van der Waals surface area contributed by atoms with Crippen LogP contribution in [0.2, 0.25) is 0 Å². The van der Waals surface area contributed by atoms with E-state index in [0.29, 0.717) is 5.69 Å². The number of likely N-dealkylation sites (tertiary alicyclic amines) is 1. The molecule has 40 heavy (non-hydrogen) atoms. The van der Waals surface area contributed by atoms with Crippen molar-refractivity contribution >= 4 is 11.6 Å². The van der Waals surface area contributed by atoms with E-state index >= 15 is 0 Å². The third-order valence-electron chi connectivity index (χ3n) is 7.81. The summed E-state index contributed by atoms with van der Waals surface area (Å²) in [5.74, 6) is -1.45. The SMILES string of the molecule is O=C(CC(C(F)F)n1ccc(F)n1)N1CCC(O)(Cn2cnn3c(-c4ccc5c(c4)CC[CH]5)cnc3c2=O)CC1. The number of amides is 1. The van der Waals surface area contributed by atoms with Gasteiger partial charge in [0.2, 0.25) is 17.5 Å². The number of fused-ring (bicyclic) bond motifs is 2. The minimum atomic E-state index is -2.91. The number of hydrogen-bond donors (Lipinski definition) is 1. The van der Waals surface area contributed by atoms with Crippen LogP contribution < -0.4 is 5.56 Å². The summed E-state index contributed by atoms with van der Waals surface area (Å²) in [6.07, 6.45) is 5.03. The molecule has 1 aromatic carbocycles. The maximum absolute atomic E-state index is 13.5. The fourth-order valence-electron chi connectivity index (χ4n) is 5.53. The summed E-state index contributed by atoms with van der Waals surface area (Å²) >= 11 is 0. The second-order valence-corrected chi connectivity index (χ2v) is 10.4. The standard InChI is InChI=1S/C27H27F3N7O3/c28-22-6-9-36(33-22)20(24(29)30)13-23(38)34-10-7-27(40,8-11-34)15-35-16-32-37-21(14-31-25(37)26(35)39)19-5-4-17-2-1-3-18(17)12-19/h2,4-6,9,12,14,16,20,24,40H,1,3,7-8,10-11,13,15H2. The average molecular weight is 555 g/mol. The quantitative estimate of drug-likeness (QED) is 0.376. The number of nitrogens with zero attached hydrogens (tertiary/aromatic N) is 7. The fraction of sp³-hybridized carbons (Fsp3) is 0.407. The van der Waals surface area contributed by atoms with Crippen LogP contribution in [0.15, 0.2) is 47.8 Å². The van der Waals surface area contributed by atoms with E-state index in [4.69, 9.17) is 0 Å². The summed E-state index contributed by atoms with van der Waals surface area (Å²) in [7, 11) is 0. The Kier molecular flexibility index (Phi) is 6.69. The van der Waals surface area contributed by atoms with Gasteiger partial charge in [0.1, 0.15) is 12.4 Å². The Labute approximate surface area is 226 Å². The summed E-state index contributed by atoms with van der Waals surface area (Å²) in [5.41, 5.74) is 2.49. The molecule has 4 aromatic rings. The molecule has 209 valence electrons. The highest BCUT2D eigenvalue weighted by atomic mass is 19.3. The zero-order valence-corrected chi connectivity index (χ0v) is 21.5. The van der Waals surface area contributed by atoms with Crippen molar-refractivity contribution in [3.05, 3.63) is 76.8 Å². The van der Waals surface area contributed by atoms with Crippen molar-refractivity contribution in [1.82, 2.24) is 33.8 Å². The van der Waals surface area contributed by atoms with E-state index in [1.807, 2.05) is 6.07 Å². The highest BCUT2D eigenvalue weighted by molar-refractivity contribution is 5.76. The molecule has 6 rings (SSSR count). The molecule has 10 nitrogen and oxygen atoms in total. The molecule has 1 saturated heterocycles. The fourth-order valence-corrected chi connectivity index (χ4v) is 5.53. The zero-order valence-electron chi connectivity index (χ0n) is 21.5. The van der Waals surface area contributed by atoms with Crippen LogP contribution in [0.4, 0.5) is 13.2 Å². The molecule has 1 aliphatic carbocycles. The topological polar surface area (TPSA) is 111 Å². The Bertz CT molecular complexity index is 1620. The van der Waals surface area contributed by atoms with Gasteiger partial charge in [0.25, 0.3) is 12.0 Å². The number of imidazole rings is 1. The van der Waals surface area contributed by atoms with Gasteiger partial charge in [-0.15, -0.1) is 5.10 Å². The molecule has 1 unspecified atom stereocenters. The Morgan fingerprint density at radius 1 is 1.18 bits per heavy atom. The van der Waals surface area contributed by atoms with Crippen LogP contribution in [-0.4, -0.2) is 70.0 Å². The van der Waals surface area contributed by atoms with Gasteiger partial charge in [-0.05, 0) is 49.3 Å². The predicted octanol–water partition coefficient (Wildman–Crippen LogP) is 2.64. The van der Waals surface area contributed by atoms with E-state index in [2.05, 4.69) is 33.7 Å². The van der Waals surface area contributed by atoms with Gasteiger partial charge in [0, 0.05) is 30.9 Å². The summed E-state index contributed by atoms with van der Waals surface area (Å²) in [5, 5.41) is 19.0. The number of aryl methyl sites for hydroxylation is 1. The van der Waals surface area contributed by atoms with Crippen molar-refractivity contribution < 1.29 is 23.1 Å². The third kappa shape index (κ3) is 4.89. The highest BCUT2D eigenvalue weighted by Gasteiger charge is 2.36. The highest BCUT2D eigenvalue weighted by Crippen LogP contribution is 2.30. The molecule has 1 aliphatic heterocycles. The minimum absolute atomic E-state index is 0.0551. The van der Waals surface area contributed by atoms with E-state index in [1.54, 1.807) is 6.20 Å². The first kappa shape index (κ1) is 26.2. The van der Waals surface area contributed by atoms with Gasteiger partial charge >= 0.3 is 0 Å². The van der Waals surface area contributed by atoms with E-state index in [0.717, 1.165) is 35.4 Å². The molecule has 1 fully saturated rings. The second kappa shape index (κ2) is 10.2. The molecule has 3 aromatic heterocycles. The summed E-state index contributed by atoms with van der Waals surface area (Å²) < 4.78 is 43.9. The molecule has 4 heterocycles. The van der Waals surface area contributed by atoms with E-state index in [-0.39, 0.29) is 38.1 Å². The van der Waals surface area contributed by atoms with Crippen LogP contribution in [-0.2, 0) is 17.8 Å². The second-order valence-electron chi connectivity index (χ2n) is 10.4. The van der Waals surface area contributed by atoms with Gasteiger partial charge in [-0.1, -0.05) is 12.1 Å². The van der Waals surface area contributed by atoms with Crippen LogP contribution in [0, 0.1) is 12.4 Å². The van der Waals surface area contributed by atoms with Crippen molar-refractivity contribution in [3.63, 3.8) is 0 Å². The van der Waals surface area contributed by atoms with Crippen molar-refractivity contribution in [2.75, 3.05) is 13.1 Å². The van der Waals surface area contributed by atoms with Gasteiger partial charge in [-0.2, -0.15) is 9.49 Å². The van der Waals surface area contributed by atoms with Gasteiger partial charge in [-0.25, -0.2) is 18.3 Å². The first-order valence-electron chi connectivity index (χ1n) is 13.1. The molecule has 0 spiro atoms. The van der Waals surface area contributed by atoms with Crippen LogP contribution in [0.3, 0.4) is 0 Å². The van der Waals surface area contributed by atoms with Crippen LogP contribution >= 0.6 is 0 Å². The Morgan fingerprint density at radius 2 is 1.98 bits per heavy atom. The molecular weight excluding hydrogens is 527 g/mol. The summed E-state index contributed by atoms with van der Waals surface area (Å²) in [4.78, 5) is 31.7. The molecule has 0 saturated carbocycles. The van der Waals surface area contributed by atoms with Gasteiger partial charge < -0.3 is 10.0 Å². The number of aliphatic hydroxyl groups is 1. The van der Waals surface area contributed by atoms with Gasteiger partial charge in [-0.3, -0.25) is 18.8 Å². The maximum atomic E-state index is 13.5. The van der Waals surface area contributed by atoms with Gasteiger partial charge in [0.15, 0.2) is 0 Å². The van der Waals surface area contributed by atoms with Crippen molar-refractivity contribution in [3.8, 4) is 11.3 Å². The lowest BCUT2D eigenvalue weighted by atomic mass is 9.91. The number of piperidine rings is 1. The summed E-state index contributed by atoms with van der Waals surface area (Å²) in [6.45, 7) is 0.180. The largest absolute Gasteiger partial charge is 0.388 e. The lowest BCUT2D eigenvalue weighted by molar-refractivity contribution is -0.138. The minimum Gasteiger partial charge on any atom is -0.388 e. The normalized spacial score (nSPS) is 17.5. The van der Waals surface area contributed by atoms with Gasteiger partial charge in [0.05, 0.1) is 30.5 Å². The molecule has 13 heteroatoms. The number of carbonyl (C=O) groups is 1. The predicted molar refractivity (Wildman–Crippen MR) is 137 cm³/mol.